The zero-order chi connectivity index (χ0) is 36.5. The number of carbonyl (C=O) groups is 3. The third kappa shape index (κ3) is 9.65. The minimum Gasteiger partial charge on any atom is -0.389 e. The molecule has 5 rings (SSSR count). The minimum absolute atomic E-state index is 0.162. The van der Waals surface area contributed by atoms with Crippen molar-refractivity contribution >= 4 is 17.7 Å². The normalized spacial score (nSPS) is 15.7. The van der Waals surface area contributed by atoms with Crippen molar-refractivity contribution in [3.8, 4) is 11.1 Å². The van der Waals surface area contributed by atoms with Crippen LogP contribution in [0.4, 0.5) is 8.78 Å². The van der Waals surface area contributed by atoms with Crippen LogP contribution in [0, 0.1) is 18.6 Å². The molecular formula is C41H46F2N4O4. The molecule has 0 saturated carbocycles. The van der Waals surface area contributed by atoms with Gasteiger partial charge < -0.3 is 25.5 Å². The average Bonchev–Trinajstić information content (AvgIpc) is 3.11. The summed E-state index contributed by atoms with van der Waals surface area (Å²) in [4.78, 5) is 44.6. The van der Waals surface area contributed by atoms with Crippen LogP contribution in [-0.2, 0) is 17.8 Å². The number of hydrogen-bond donors (Lipinski definition) is 3. The summed E-state index contributed by atoms with van der Waals surface area (Å²) in [7, 11) is 0. The van der Waals surface area contributed by atoms with Crippen molar-refractivity contribution in [3.63, 3.8) is 0 Å². The Labute approximate surface area is 298 Å². The third-order valence-corrected chi connectivity index (χ3v) is 9.04. The largest absolute Gasteiger partial charge is 0.389 e. The lowest BCUT2D eigenvalue weighted by atomic mass is 9.93. The van der Waals surface area contributed by atoms with Gasteiger partial charge in [0, 0.05) is 49.9 Å². The van der Waals surface area contributed by atoms with Gasteiger partial charge in [0.1, 0.15) is 17.7 Å². The van der Waals surface area contributed by atoms with Gasteiger partial charge in [0.05, 0.1) is 12.1 Å². The highest BCUT2D eigenvalue weighted by Crippen LogP contribution is 2.23. The molecule has 8 nitrogen and oxygen atoms in total. The highest BCUT2D eigenvalue weighted by Gasteiger charge is 2.38. The third-order valence-electron chi connectivity index (χ3n) is 9.04. The lowest BCUT2D eigenvalue weighted by molar-refractivity contribution is -0.140. The predicted octanol–water partition coefficient (Wildman–Crippen LogP) is 5.91. The summed E-state index contributed by atoms with van der Waals surface area (Å²) in [6.07, 6.45) is -0.0562. The van der Waals surface area contributed by atoms with Crippen molar-refractivity contribution < 1.29 is 28.3 Å². The van der Waals surface area contributed by atoms with E-state index in [0.717, 1.165) is 47.7 Å². The molecule has 0 radical (unpaired) electrons. The van der Waals surface area contributed by atoms with Crippen molar-refractivity contribution in [1.82, 2.24) is 20.4 Å². The lowest BCUT2D eigenvalue weighted by Crippen LogP contribution is -2.63. The number of halogens is 2. The summed E-state index contributed by atoms with van der Waals surface area (Å²) < 4.78 is 28.5. The molecule has 1 aliphatic heterocycles. The number of aliphatic hydroxyl groups excluding tert-OH is 1. The Hall–Kier alpha value is -4.93. The van der Waals surface area contributed by atoms with E-state index in [9.17, 15) is 28.3 Å². The van der Waals surface area contributed by atoms with Gasteiger partial charge in [-0.3, -0.25) is 14.4 Å². The number of aliphatic hydroxyl groups is 1. The van der Waals surface area contributed by atoms with Gasteiger partial charge in [0.15, 0.2) is 0 Å². The molecule has 1 aliphatic rings. The Morgan fingerprint density at radius 3 is 2.24 bits per heavy atom. The van der Waals surface area contributed by atoms with E-state index in [2.05, 4.69) is 10.6 Å². The van der Waals surface area contributed by atoms with E-state index in [1.807, 2.05) is 68.4 Å². The second-order valence-corrected chi connectivity index (χ2v) is 13.2. The number of nitrogens with zero attached hydrogens (tertiary/aromatic N) is 2. The number of nitrogens with one attached hydrogen (secondary N) is 2. The Kier molecular flexibility index (Phi) is 12.7. The quantitative estimate of drug-likeness (QED) is 0.152. The molecule has 51 heavy (non-hydrogen) atoms. The standard InChI is InChI=1S/C41H46F2N4O4/c1-4-15-46(16-5-2)40(50)33-19-27(3)18-32(24-33)39(49)45-36(23-29-21-34(42)25-35(43)22-29)38(48)37-41(51)47(17-14-44-37)26-28-10-9-13-31(20-28)30-11-7-6-8-12-30/h6-13,18-22,24-25,36-38,44,48H,4-5,14-17,23,26H2,1-3H3,(H,45,49)/t36-,37+,38-/m0/s1. The minimum atomic E-state index is -1.47. The Bertz CT molecular complexity index is 1810. The molecule has 10 heteroatoms. The van der Waals surface area contributed by atoms with Crippen LogP contribution in [0.25, 0.3) is 11.1 Å². The van der Waals surface area contributed by atoms with Crippen molar-refractivity contribution in [2.24, 2.45) is 0 Å². The number of hydrogen-bond acceptors (Lipinski definition) is 5. The first-order valence-electron chi connectivity index (χ1n) is 17.6. The van der Waals surface area contributed by atoms with Crippen molar-refractivity contribution in [3.05, 3.63) is 130 Å². The zero-order valence-electron chi connectivity index (χ0n) is 29.4. The van der Waals surface area contributed by atoms with Crippen LogP contribution < -0.4 is 10.6 Å². The summed E-state index contributed by atoms with van der Waals surface area (Å²) in [6, 6.07) is 23.5. The molecule has 4 aromatic rings. The maximum Gasteiger partial charge on any atom is 0.253 e. The Morgan fingerprint density at radius 2 is 1.55 bits per heavy atom. The van der Waals surface area contributed by atoms with E-state index >= 15 is 0 Å². The maximum absolute atomic E-state index is 14.3. The smallest absolute Gasteiger partial charge is 0.253 e. The molecule has 0 unspecified atom stereocenters. The van der Waals surface area contributed by atoms with Crippen LogP contribution in [0.3, 0.4) is 0 Å². The fraction of sp³-hybridized carbons (Fsp3) is 0.341. The topological polar surface area (TPSA) is 102 Å². The summed E-state index contributed by atoms with van der Waals surface area (Å²) in [6.45, 7) is 8.04. The van der Waals surface area contributed by atoms with Crippen LogP contribution in [0.15, 0.2) is 91.0 Å². The first-order valence-corrected chi connectivity index (χ1v) is 17.6. The molecule has 1 saturated heterocycles. The van der Waals surface area contributed by atoms with E-state index in [0.29, 0.717) is 43.9 Å². The first-order chi connectivity index (χ1) is 24.6. The molecular weight excluding hydrogens is 650 g/mol. The number of amides is 3. The first kappa shape index (κ1) is 37.3. The van der Waals surface area contributed by atoms with Gasteiger partial charge >= 0.3 is 0 Å². The fourth-order valence-electron chi connectivity index (χ4n) is 6.67. The van der Waals surface area contributed by atoms with Crippen molar-refractivity contribution in [2.75, 3.05) is 26.2 Å². The summed E-state index contributed by atoms with van der Waals surface area (Å²) >= 11 is 0. The molecule has 0 aliphatic carbocycles. The monoisotopic (exact) mass is 696 g/mol. The summed E-state index contributed by atoms with van der Waals surface area (Å²) in [5.41, 5.74) is 4.43. The number of rotatable bonds is 14. The van der Waals surface area contributed by atoms with Gasteiger partial charge in [-0.05, 0) is 90.4 Å². The fourth-order valence-corrected chi connectivity index (χ4v) is 6.67. The van der Waals surface area contributed by atoms with E-state index in [1.54, 1.807) is 28.9 Å². The number of carbonyl (C=O) groups excluding carboxylic acids is 3. The predicted molar refractivity (Wildman–Crippen MR) is 194 cm³/mol. The van der Waals surface area contributed by atoms with Crippen LogP contribution in [-0.4, -0.2) is 77.0 Å². The molecule has 4 aromatic carbocycles. The molecule has 3 atom stereocenters. The SMILES string of the molecule is CCCN(CCC)C(=O)c1cc(C)cc(C(=O)N[C@@H](Cc2cc(F)cc(F)c2)[C@H](O)[C@H]2NCCN(Cc3cccc(-c4ccccc4)c3)C2=O)c1. The second-order valence-electron chi connectivity index (χ2n) is 13.2. The highest BCUT2D eigenvalue weighted by molar-refractivity contribution is 6.00. The van der Waals surface area contributed by atoms with Gasteiger partial charge in [-0.2, -0.15) is 0 Å². The van der Waals surface area contributed by atoms with E-state index in [-0.39, 0.29) is 29.4 Å². The van der Waals surface area contributed by atoms with Gasteiger partial charge in [-0.25, -0.2) is 8.78 Å². The van der Waals surface area contributed by atoms with Crippen LogP contribution in [0.1, 0.15) is 64.1 Å². The molecule has 268 valence electrons. The molecule has 3 N–H and O–H groups in total. The zero-order valence-corrected chi connectivity index (χ0v) is 29.4. The molecule has 1 heterocycles. The number of benzene rings is 4. The van der Waals surface area contributed by atoms with Gasteiger partial charge in [0.25, 0.3) is 11.8 Å². The molecule has 3 amide bonds. The van der Waals surface area contributed by atoms with Crippen LogP contribution in [0.5, 0.6) is 0 Å². The number of piperazine rings is 1. The lowest BCUT2D eigenvalue weighted by Gasteiger charge is -2.38. The van der Waals surface area contributed by atoms with Crippen molar-refractivity contribution in [1.29, 1.82) is 0 Å². The second kappa shape index (κ2) is 17.3. The van der Waals surface area contributed by atoms with Gasteiger partial charge in [0.2, 0.25) is 5.91 Å². The van der Waals surface area contributed by atoms with Gasteiger partial charge in [-0.1, -0.05) is 62.4 Å². The van der Waals surface area contributed by atoms with Crippen LogP contribution >= 0.6 is 0 Å². The van der Waals surface area contributed by atoms with Crippen molar-refractivity contribution in [2.45, 2.75) is 64.8 Å². The maximum atomic E-state index is 14.3. The summed E-state index contributed by atoms with van der Waals surface area (Å²) in [5.74, 6) is -2.74. The average molecular weight is 697 g/mol. The Morgan fingerprint density at radius 1 is 0.882 bits per heavy atom. The number of aryl methyl sites for hydroxylation is 1. The molecule has 0 spiro atoms. The molecule has 0 aromatic heterocycles. The van der Waals surface area contributed by atoms with E-state index in [1.165, 1.54) is 6.07 Å². The summed E-state index contributed by atoms with van der Waals surface area (Å²) in [5, 5.41) is 17.7. The van der Waals surface area contributed by atoms with Crippen LogP contribution in [0.2, 0.25) is 0 Å². The molecule has 1 fully saturated rings. The van der Waals surface area contributed by atoms with E-state index < -0.39 is 35.7 Å². The van der Waals surface area contributed by atoms with E-state index in [4.69, 9.17) is 0 Å². The molecule has 0 bridgehead atoms. The van der Waals surface area contributed by atoms with Gasteiger partial charge in [-0.15, -0.1) is 0 Å². The highest BCUT2D eigenvalue weighted by atomic mass is 19.1. The Balaban J connectivity index is 1.39.